The van der Waals surface area contributed by atoms with E-state index < -0.39 is 11.7 Å². The predicted octanol–water partition coefficient (Wildman–Crippen LogP) is 12.2. The van der Waals surface area contributed by atoms with Crippen molar-refractivity contribution < 1.29 is 13.2 Å². The number of aromatic nitrogens is 14. The molecular formula is C59H41F3N16. The molecule has 0 unspecified atom stereocenters. The molecule has 6 aromatic heterocycles. The summed E-state index contributed by atoms with van der Waals surface area (Å²) in [5.41, 5.74) is 5.48. The molecule has 0 saturated heterocycles. The monoisotopic (exact) mass is 1030 g/mol. The minimum atomic E-state index is -4.79. The number of benzene rings is 6. The lowest BCUT2D eigenvalue weighted by atomic mass is 9.96. The van der Waals surface area contributed by atoms with Gasteiger partial charge in [-0.05, 0) is 170 Å². The van der Waals surface area contributed by atoms with Crippen molar-refractivity contribution in [2.75, 3.05) is 0 Å². The predicted molar refractivity (Wildman–Crippen MR) is 288 cm³/mol. The summed E-state index contributed by atoms with van der Waals surface area (Å²) in [7, 11) is 0. The Balaban J connectivity index is 1.21. The van der Waals surface area contributed by atoms with E-state index in [1.807, 2.05) is 88.0 Å². The number of hydrogen-bond donors (Lipinski definition) is 0. The molecule has 12 rings (SSSR count). The van der Waals surface area contributed by atoms with E-state index in [-0.39, 0.29) is 16.7 Å². The molecule has 0 fully saturated rings. The summed E-state index contributed by atoms with van der Waals surface area (Å²) >= 11 is 0. The van der Waals surface area contributed by atoms with Gasteiger partial charge in [-0.2, -0.15) is 23.7 Å². The second-order valence-electron chi connectivity index (χ2n) is 19.0. The van der Waals surface area contributed by atoms with Crippen LogP contribution in [-0.4, -0.2) is 68.9 Å². The Morgan fingerprint density at radius 2 is 0.641 bits per heavy atom. The second kappa shape index (κ2) is 18.2. The first-order chi connectivity index (χ1) is 37.4. The van der Waals surface area contributed by atoms with Crippen molar-refractivity contribution in [2.45, 2.75) is 61.6 Å². The average Bonchev–Trinajstić information content (AvgIpc) is 4.14. The van der Waals surface area contributed by atoms with Crippen LogP contribution in [0.5, 0.6) is 0 Å². The molecule has 0 aliphatic rings. The van der Waals surface area contributed by atoms with Crippen molar-refractivity contribution in [1.29, 1.82) is 10.5 Å². The van der Waals surface area contributed by atoms with Crippen molar-refractivity contribution in [3.63, 3.8) is 0 Å². The summed E-state index contributed by atoms with van der Waals surface area (Å²) in [4.78, 5) is 55.0. The molecule has 6 aromatic carbocycles. The van der Waals surface area contributed by atoms with E-state index >= 15 is 0 Å². The van der Waals surface area contributed by atoms with Gasteiger partial charge in [0.15, 0.2) is 23.3 Å². The molecule has 0 amide bonds. The third-order valence-corrected chi connectivity index (χ3v) is 13.4. The maximum absolute atomic E-state index is 14.8. The summed E-state index contributed by atoms with van der Waals surface area (Å²) in [5.74, 6) is 6.21. The molecule has 0 aliphatic heterocycles. The van der Waals surface area contributed by atoms with Gasteiger partial charge >= 0.3 is 6.18 Å². The third kappa shape index (κ3) is 8.53. The van der Waals surface area contributed by atoms with Crippen LogP contribution >= 0.6 is 0 Å². The van der Waals surface area contributed by atoms with Crippen molar-refractivity contribution in [3.05, 3.63) is 166 Å². The quantitative estimate of drug-likeness (QED) is 0.145. The van der Waals surface area contributed by atoms with Gasteiger partial charge in [0, 0.05) is 43.8 Å². The molecule has 19 heteroatoms. The highest BCUT2D eigenvalue weighted by molar-refractivity contribution is 6.13. The number of alkyl halides is 3. The number of nitriles is 2. The number of fused-ring (bicyclic) bond motifs is 6. The molecule has 0 atom stereocenters. The molecule has 0 saturated carbocycles. The lowest BCUT2D eigenvalue weighted by molar-refractivity contribution is -0.137. The highest BCUT2D eigenvalue weighted by Crippen LogP contribution is 2.44. The number of aryl methyl sites for hydroxylation is 8. The molecule has 16 nitrogen and oxygen atoms in total. The molecule has 12 aromatic rings. The standard InChI is InChI=1S/C59H41F3N16/c1-28-65-29(2)70-55(69-28)37-9-13-49-44(20-37)45-21-38(56-71-30(3)66-31(4)72-56)10-14-50(45)77(49)53-24-42(41-17-36(26-63)18-43(19-41)59(60,61)62)25-54(48(53)27-64)78-51-15-11-39(57-73-32(5)67-33(6)74-57)22-46(51)47-23-40(12-16-52(47)78)58-75-34(7)68-35(8)76-58/h9-25H,1-8H3. The molecule has 0 aliphatic carbocycles. The van der Waals surface area contributed by atoms with Gasteiger partial charge in [-0.25, -0.2) is 59.8 Å². The smallest absolute Gasteiger partial charge is 0.308 e. The van der Waals surface area contributed by atoms with Gasteiger partial charge in [0.25, 0.3) is 0 Å². The SMILES string of the molecule is Cc1nc(C)nc(-c2ccc3c(c2)c2cc(-c4nc(C)nc(C)n4)ccc2n3-c2cc(-c3cc(C#N)cc(C(F)(F)F)c3)cc(-n3c4ccc(-c5nc(C)nc(C)n5)cc4c4cc(-c5nc(C)nc(C)n5)ccc43)c2C#N)n1. The zero-order valence-corrected chi connectivity index (χ0v) is 43.1. The lowest BCUT2D eigenvalue weighted by Gasteiger charge is -2.19. The zero-order valence-electron chi connectivity index (χ0n) is 43.1. The van der Waals surface area contributed by atoms with Gasteiger partial charge in [-0.1, -0.05) is 0 Å². The van der Waals surface area contributed by atoms with Gasteiger partial charge in [-0.15, -0.1) is 0 Å². The van der Waals surface area contributed by atoms with Crippen LogP contribution in [0.3, 0.4) is 0 Å². The summed E-state index contributed by atoms with van der Waals surface area (Å²) in [6.07, 6.45) is -4.79. The topological polar surface area (TPSA) is 212 Å². The van der Waals surface area contributed by atoms with Crippen LogP contribution in [0.25, 0.3) is 112 Å². The first-order valence-electron chi connectivity index (χ1n) is 24.6. The first-order valence-corrected chi connectivity index (χ1v) is 24.6. The van der Waals surface area contributed by atoms with Gasteiger partial charge < -0.3 is 9.13 Å². The van der Waals surface area contributed by atoms with Crippen molar-refractivity contribution >= 4 is 43.6 Å². The van der Waals surface area contributed by atoms with Crippen LogP contribution in [-0.2, 0) is 6.18 Å². The highest BCUT2D eigenvalue weighted by Gasteiger charge is 2.32. The molecule has 0 radical (unpaired) electrons. The van der Waals surface area contributed by atoms with E-state index in [1.54, 1.807) is 67.5 Å². The van der Waals surface area contributed by atoms with Gasteiger partial charge in [0.2, 0.25) is 0 Å². The zero-order chi connectivity index (χ0) is 54.5. The Hall–Kier alpha value is -10.3. The largest absolute Gasteiger partial charge is 0.416 e. The minimum Gasteiger partial charge on any atom is -0.308 e. The van der Waals surface area contributed by atoms with Crippen LogP contribution in [0.2, 0.25) is 0 Å². The molecule has 6 heterocycles. The van der Waals surface area contributed by atoms with Crippen molar-refractivity contribution in [3.8, 4) is 80.2 Å². The van der Waals surface area contributed by atoms with E-state index in [0.717, 1.165) is 33.7 Å². The van der Waals surface area contributed by atoms with E-state index in [0.29, 0.717) is 131 Å². The highest BCUT2D eigenvalue weighted by atomic mass is 19.4. The first kappa shape index (κ1) is 48.7. The molecule has 0 bridgehead atoms. The fraction of sp³-hybridized carbons (Fsp3) is 0.153. The normalized spacial score (nSPS) is 11.8. The third-order valence-electron chi connectivity index (χ3n) is 13.4. The Morgan fingerprint density at radius 1 is 0.346 bits per heavy atom. The van der Waals surface area contributed by atoms with E-state index in [9.17, 15) is 23.7 Å². The molecule has 0 spiro atoms. The van der Waals surface area contributed by atoms with Crippen LogP contribution < -0.4 is 0 Å². The number of nitrogens with zero attached hydrogens (tertiary/aromatic N) is 16. The molecule has 378 valence electrons. The van der Waals surface area contributed by atoms with Gasteiger partial charge in [0.1, 0.15) is 58.2 Å². The van der Waals surface area contributed by atoms with E-state index in [1.165, 1.54) is 6.07 Å². The number of halogens is 3. The van der Waals surface area contributed by atoms with Crippen molar-refractivity contribution in [2.24, 2.45) is 0 Å². The molecular weight excluding hydrogens is 990 g/mol. The maximum atomic E-state index is 14.8. The van der Waals surface area contributed by atoms with Crippen LogP contribution in [0.15, 0.2) is 103 Å². The summed E-state index contributed by atoms with van der Waals surface area (Å²) in [5, 5.41) is 25.0. The fourth-order valence-electron chi connectivity index (χ4n) is 10.4. The van der Waals surface area contributed by atoms with Gasteiger partial charge in [-0.3, -0.25) is 0 Å². The maximum Gasteiger partial charge on any atom is 0.416 e. The van der Waals surface area contributed by atoms with Crippen LogP contribution in [0, 0.1) is 78.1 Å². The van der Waals surface area contributed by atoms with E-state index in [4.69, 9.17) is 0 Å². The van der Waals surface area contributed by atoms with Crippen molar-refractivity contribution in [1.82, 2.24) is 68.9 Å². The molecule has 78 heavy (non-hydrogen) atoms. The Labute approximate surface area is 442 Å². The minimum absolute atomic E-state index is 0.103. The number of hydrogen-bond acceptors (Lipinski definition) is 14. The average molecular weight is 1030 g/mol. The second-order valence-corrected chi connectivity index (χ2v) is 19.0. The fourth-order valence-corrected chi connectivity index (χ4v) is 10.4. The number of rotatable bonds is 7. The summed E-state index contributed by atoms with van der Waals surface area (Å²) in [6.45, 7) is 14.4. The van der Waals surface area contributed by atoms with Gasteiger partial charge in [0.05, 0.1) is 50.6 Å². The van der Waals surface area contributed by atoms with E-state index in [2.05, 4.69) is 65.9 Å². The Morgan fingerprint density at radius 3 is 0.910 bits per heavy atom. The van der Waals surface area contributed by atoms with Crippen LogP contribution in [0.4, 0.5) is 13.2 Å². The van der Waals surface area contributed by atoms with Crippen LogP contribution in [0.1, 0.15) is 63.3 Å². The molecule has 0 N–H and O–H groups in total. The summed E-state index contributed by atoms with van der Waals surface area (Å²) in [6, 6.07) is 34.3. The Kier molecular flexibility index (Phi) is 11.4. The summed E-state index contributed by atoms with van der Waals surface area (Å²) < 4.78 is 48.3. The Bertz CT molecular complexity index is 4090. The lowest BCUT2D eigenvalue weighted by Crippen LogP contribution is -2.07.